The second kappa shape index (κ2) is 6.52. The number of amides is 1. The normalized spacial score (nSPS) is 19.7. The minimum absolute atomic E-state index is 0.0602. The molecule has 130 valence electrons. The molecule has 2 aliphatic rings. The third-order valence-electron chi connectivity index (χ3n) is 4.83. The van der Waals surface area contributed by atoms with Crippen molar-refractivity contribution in [3.8, 4) is 6.07 Å². The lowest BCUT2D eigenvalue weighted by Gasteiger charge is -2.47. The van der Waals surface area contributed by atoms with Gasteiger partial charge in [0, 0.05) is 18.8 Å². The number of fused-ring (bicyclic) bond motifs is 1. The number of nitriles is 1. The molecule has 0 saturated carbocycles. The fraction of sp³-hybridized carbons (Fsp3) is 0.250. The second-order valence-corrected chi connectivity index (χ2v) is 6.50. The van der Waals surface area contributed by atoms with Crippen LogP contribution in [0.5, 0.6) is 0 Å². The van der Waals surface area contributed by atoms with E-state index in [0.717, 1.165) is 23.5 Å². The zero-order chi connectivity index (χ0) is 18.1. The van der Waals surface area contributed by atoms with Crippen LogP contribution in [0.1, 0.15) is 5.56 Å². The summed E-state index contributed by atoms with van der Waals surface area (Å²) in [5, 5.41) is 15.5. The molecule has 2 aliphatic heterocycles. The molecule has 26 heavy (non-hydrogen) atoms. The first-order valence-electron chi connectivity index (χ1n) is 8.63. The van der Waals surface area contributed by atoms with Crippen molar-refractivity contribution >= 4 is 23.0 Å². The molecule has 1 unspecified atom stereocenters. The fourth-order valence-electron chi connectivity index (χ4n) is 3.43. The number of nitrogens with zero attached hydrogens (tertiary/aromatic N) is 5. The van der Waals surface area contributed by atoms with Crippen molar-refractivity contribution in [1.82, 2.24) is 4.90 Å². The SMILES string of the molecule is Cc1ccc(N2N=C(C#N)C(=O)N3CCN(c4ccccc4)CC32)cc1. The molecule has 2 heterocycles. The maximum absolute atomic E-state index is 12.6. The van der Waals surface area contributed by atoms with Gasteiger partial charge in [-0.15, -0.1) is 0 Å². The zero-order valence-electron chi connectivity index (χ0n) is 14.5. The molecule has 1 atom stereocenters. The van der Waals surface area contributed by atoms with Crippen LogP contribution in [-0.2, 0) is 4.79 Å². The molecule has 4 rings (SSSR count). The Morgan fingerprint density at radius 1 is 1.04 bits per heavy atom. The van der Waals surface area contributed by atoms with E-state index in [-0.39, 0.29) is 17.8 Å². The predicted octanol–water partition coefficient (Wildman–Crippen LogP) is 2.37. The van der Waals surface area contributed by atoms with Crippen LogP contribution in [-0.4, -0.2) is 42.3 Å². The Morgan fingerprint density at radius 3 is 2.46 bits per heavy atom. The molecule has 6 heteroatoms. The van der Waals surface area contributed by atoms with Gasteiger partial charge in [-0.05, 0) is 31.2 Å². The van der Waals surface area contributed by atoms with Gasteiger partial charge in [-0.3, -0.25) is 4.79 Å². The number of carbonyl (C=O) groups excluding carboxylic acids is 1. The first-order valence-corrected chi connectivity index (χ1v) is 8.63. The summed E-state index contributed by atoms with van der Waals surface area (Å²) in [6.07, 6.45) is -0.240. The van der Waals surface area contributed by atoms with Crippen molar-refractivity contribution in [3.05, 3.63) is 60.2 Å². The molecular weight excluding hydrogens is 326 g/mol. The second-order valence-electron chi connectivity index (χ2n) is 6.50. The lowest BCUT2D eigenvalue weighted by Crippen LogP contribution is -2.64. The number of piperazine rings is 1. The lowest BCUT2D eigenvalue weighted by atomic mass is 10.1. The van der Waals surface area contributed by atoms with E-state index in [1.807, 2.05) is 55.5 Å². The van der Waals surface area contributed by atoms with E-state index in [1.54, 1.807) is 9.91 Å². The fourth-order valence-corrected chi connectivity index (χ4v) is 3.43. The van der Waals surface area contributed by atoms with Crippen molar-refractivity contribution < 1.29 is 4.79 Å². The summed E-state index contributed by atoms with van der Waals surface area (Å²) in [6.45, 7) is 3.94. The monoisotopic (exact) mass is 345 g/mol. The average molecular weight is 345 g/mol. The Balaban J connectivity index is 1.71. The van der Waals surface area contributed by atoms with Gasteiger partial charge >= 0.3 is 0 Å². The highest BCUT2D eigenvalue weighted by Crippen LogP contribution is 2.28. The number of hydrogen-bond acceptors (Lipinski definition) is 5. The van der Waals surface area contributed by atoms with Gasteiger partial charge in [0.1, 0.15) is 12.2 Å². The molecule has 1 saturated heterocycles. The van der Waals surface area contributed by atoms with E-state index in [0.29, 0.717) is 13.1 Å². The first kappa shape index (κ1) is 16.2. The minimum Gasteiger partial charge on any atom is -0.366 e. The highest BCUT2D eigenvalue weighted by Gasteiger charge is 2.40. The van der Waals surface area contributed by atoms with Crippen molar-refractivity contribution in [2.75, 3.05) is 29.5 Å². The Kier molecular flexibility index (Phi) is 4.05. The summed E-state index contributed by atoms with van der Waals surface area (Å²) in [7, 11) is 0. The van der Waals surface area contributed by atoms with Gasteiger partial charge in [-0.1, -0.05) is 35.9 Å². The maximum Gasteiger partial charge on any atom is 0.287 e. The number of rotatable bonds is 2. The number of para-hydroxylation sites is 1. The van der Waals surface area contributed by atoms with Crippen LogP contribution in [0.4, 0.5) is 11.4 Å². The van der Waals surface area contributed by atoms with Crippen LogP contribution in [0, 0.1) is 18.3 Å². The Bertz CT molecular complexity index is 885. The standard InChI is InChI=1S/C20H19N5O/c1-15-7-9-17(10-8-15)25-19-14-23(16-5-3-2-4-6-16)11-12-24(19)20(26)18(13-21)22-25/h2-10,19H,11-12,14H2,1H3. The molecule has 0 bridgehead atoms. The van der Waals surface area contributed by atoms with E-state index < -0.39 is 0 Å². The van der Waals surface area contributed by atoms with Gasteiger partial charge < -0.3 is 9.80 Å². The van der Waals surface area contributed by atoms with Gasteiger partial charge in [-0.25, -0.2) is 5.01 Å². The van der Waals surface area contributed by atoms with Gasteiger partial charge in [0.05, 0.1) is 12.2 Å². The van der Waals surface area contributed by atoms with E-state index in [1.165, 1.54) is 0 Å². The van der Waals surface area contributed by atoms with E-state index in [9.17, 15) is 10.1 Å². The van der Waals surface area contributed by atoms with Crippen LogP contribution in [0.25, 0.3) is 0 Å². The summed E-state index contributed by atoms with van der Waals surface area (Å²) in [6, 6.07) is 20.1. The summed E-state index contributed by atoms with van der Waals surface area (Å²) in [4.78, 5) is 16.6. The number of benzene rings is 2. The van der Waals surface area contributed by atoms with Gasteiger partial charge in [0.25, 0.3) is 5.91 Å². The zero-order valence-corrected chi connectivity index (χ0v) is 14.5. The van der Waals surface area contributed by atoms with Crippen molar-refractivity contribution in [2.24, 2.45) is 5.10 Å². The molecule has 0 aromatic heterocycles. The summed E-state index contributed by atoms with van der Waals surface area (Å²) in [5.41, 5.74) is 3.09. The van der Waals surface area contributed by atoms with Crippen molar-refractivity contribution in [2.45, 2.75) is 13.1 Å². The first-order chi connectivity index (χ1) is 12.7. The topological polar surface area (TPSA) is 62.9 Å². The summed E-state index contributed by atoms with van der Waals surface area (Å²) in [5.74, 6) is -0.284. The number of hydrogen-bond donors (Lipinski definition) is 0. The number of anilines is 2. The Labute approximate surface area is 152 Å². The van der Waals surface area contributed by atoms with Gasteiger partial charge in [-0.2, -0.15) is 10.4 Å². The van der Waals surface area contributed by atoms with Crippen LogP contribution < -0.4 is 9.91 Å². The molecular formula is C20H19N5O. The highest BCUT2D eigenvalue weighted by molar-refractivity contribution is 6.45. The summed E-state index contributed by atoms with van der Waals surface area (Å²) >= 11 is 0. The molecule has 1 fully saturated rings. The minimum atomic E-state index is -0.284. The molecule has 0 spiro atoms. The van der Waals surface area contributed by atoms with E-state index in [4.69, 9.17) is 0 Å². The van der Waals surface area contributed by atoms with Crippen molar-refractivity contribution in [1.29, 1.82) is 5.26 Å². The maximum atomic E-state index is 12.6. The molecule has 0 N–H and O–H groups in total. The van der Waals surface area contributed by atoms with Crippen LogP contribution in [0.15, 0.2) is 59.7 Å². The molecule has 0 radical (unpaired) electrons. The number of carbonyl (C=O) groups is 1. The van der Waals surface area contributed by atoms with Crippen LogP contribution >= 0.6 is 0 Å². The van der Waals surface area contributed by atoms with E-state index >= 15 is 0 Å². The average Bonchev–Trinajstić information content (AvgIpc) is 2.69. The lowest BCUT2D eigenvalue weighted by molar-refractivity contribution is -0.127. The quantitative estimate of drug-likeness (QED) is 0.838. The predicted molar refractivity (Wildman–Crippen MR) is 101 cm³/mol. The smallest absolute Gasteiger partial charge is 0.287 e. The van der Waals surface area contributed by atoms with E-state index in [2.05, 4.69) is 22.1 Å². The third-order valence-corrected chi connectivity index (χ3v) is 4.83. The van der Waals surface area contributed by atoms with Crippen LogP contribution in [0.3, 0.4) is 0 Å². The van der Waals surface area contributed by atoms with Gasteiger partial charge in [0.2, 0.25) is 5.71 Å². The van der Waals surface area contributed by atoms with Crippen LogP contribution in [0.2, 0.25) is 0 Å². The number of hydrazone groups is 1. The van der Waals surface area contributed by atoms with Gasteiger partial charge in [0.15, 0.2) is 0 Å². The molecule has 1 amide bonds. The Morgan fingerprint density at radius 2 is 1.77 bits per heavy atom. The molecule has 2 aromatic carbocycles. The third kappa shape index (κ3) is 2.78. The van der Waals surface area contributed by atoms with Crippen molar-refractivity contribution in [3.63, 3.8) is 0 Å². The molecule has 2 aromatic rings. The molecule has 0 aliphatic carbocycles. The largest absolute Gasteiger partial charge is 0.366 e. The summed E-state index contributed by atoms with van der Waals surface area (Å²) < 4.78 is 0. The molecule has 6 nitrogen and oxygen atoms in total. The highest BCUT2D eigenvalue weighted by atomic mass is 16.2. The number of aryl methyl sites for hydroxylation is 1. The Hall–Kier alpha value is -3.33.